The van der Waals surface area contributed by atoms with E-state index in [2.05, 4.69) is 21.2 Å². The van der Waals surface area contributed by atoms with Crippen LogP contribution in [0.25, 0.3) is 0 Å². The Balaban J connectivity index is 2.43. The summed E-state index contributed by atoms with van der Waals surface area (Å²) in [5, 5.41) is 2.25. The summed E-state index contributed by atoms with van der Waals surface area (Å²) < 4.78 is 0.814. The number of amides is 3. The Kier molecular flexibility index (Phi) is 3.69. The Morgan fingerprint density at radius 2 is 2.00 bits per heavy atom. The molecule has 0 unspecified atom stereocenters. The first kappa shape index (κ1) is 14.7. The van der Waals surface area contributed by atoms with Gasteiger partial charge in [0.05, 0.1) is 0 Å². The van der Waals surface area contributed by atoms with E-state index in [0.29, 0.717) is 5.56 Å². The molecule has 1 saturated heterocycles. The second-order valence-electron chi connectivity index (χ2n) is 5.24. The van der Waals surface area contributed by atoms with Crippen molar-refractivity contribution in [1.29, 1.82) is 0 Å². The summed E-state index contributed by atoms with van der Waals surface area (Å²) in [4.78, 5) is 37.4. The molecule has 6 heteroatoms. The maximum absolute atomic E-state index is 12.7. The maximum atomic E-state index is 12.7. The highest BCUT2D eigenvalue weighted by molar-refractivity contribution is 9.10. The van der Waals surface area contributed by atoms with E-state index in [1.165, 1.54) is 4.90 Å². The molecule has 0 spiro atoms. The molecule has 0 bridgehead atoms. The Labute approximate surface area is 125 Å². The Morgan fingerprint density at radius 3 is 2.65 bits per heavy atom. The number of carbonyl (C=O) groups excluding carboxylic acids is 3. The summed E-state index contributed by atoms with van der Waals surface area (Å²) in [5.41, 5.74) is 0.210. The monoisotopic (exact) mass is 338 g/mol. The van der Waals surface area contributed by atoms with Crippen LogP contribution in [-0.2, 0) is 9.59 Å². The highest BCUT2D eigenvalue weighted by atomic mass is 79.9. The molecule has 0 saturated carbocycles. The lowest BCUT2D eigenvalue weighted by molar-refractivity contribution is -0.143. The van der Waals surface area contributed by atoms with Crippen LogP contribution >= 0.6 is 15.9 Å². The zero-order chi connectivity index (χ0) is 15.1. The van der Waals surface area contributed by atoms with Crippen LogP contribution in [0.15, 0.2) is 22.7 Å². The molecule has 1 N–H and O–H groups in total. The van der Waals surface area contributed by atoms with Crippen molar-refractivity contribution < 1.29 is 14.4 Å². The Morgan fingerprint density at radius 1 is 1.35 bits per heavy atom. The third-order valence-electron chi connectivity index (χ3n) is 3.53. The molecule has 1 aliphatic heterocycles. The highest BCUT2D eigenvalue weighted by Gasteiger charge is 2.43. The maximum Gasteiger partial charge on any atom is 0.255 e. The van der Waals surface area contributed by atoms with Gasteiger partial charge in [0.25, 0.3) is 11.8 Å². The van der Waals surface area contributed by atoms with Crippen molar-refractivity contribution in [2.45, 2.75) is 26.3 Å². The van der Waals surface area contributed by atoms with Crippen molar-refractivity contribution in [3.05, 3.63) is 33.8 Å². The van der Waals surface area contributed by atoms with Gasteiger partial charge in [-0.25, -0.2) is 0 Å². The summed E-state index contributed by atoms with van der Waals surface area (Å²) in [6.45, 7) is 4.94. The van der Waals surface area contributed by atoms with E-state index in [-0.39, 0.29) is 12.5 Å². The fourth-order valence-electron chi connectivity index (χ4n) is 2.09. The van der Waals surface area contributed by atoms with Crippen molar-refractivity contribution in [2.24, 2.45) is 0 Å². The number of hydrogen-bond donors (Lipinski definition) is 1. The molecule has 0 aromatic heterocycles. The minimum atomic E-state index is -1.06. The fourth-order valence-corrected chi connectivity index (χ4v) is 2.46. The minimum absolute atomic E-state index is 0.122. The smallest absolute Gasteiger partial charge is 0.255 e. The number of imide groups is 1. The van der Waals surface area contributed by atoms with Crippen LogP contribution in [0.2, 0.25) is 0 Å². The predicted molar refractivity (Wildman–Crippen MR) is 77.1 cm³/mol. The van der Waals surface area contributed by atoms with Crippen molar-refractivity contribution in [3.63, 3.8) is 0 Å². The first-order chi connectivity index (χ1) is 9.25. The summed E-state index contributed by atoms with van der Waals surface area (Å²) in [5.74, 6) is -1.25. The standard InChI is InChI=1S/C14H15BrN2O3/c1-8-9(5-4-6-10(8)15)12(19)17-7-11(18)16-13(20)14(17,2)3/h4-6H,7H2,1-3H3,(H,16,18,20). The summed E-state index contributed by atoms with van der Waals surface area (Å²) >= 11 is 3.37. The van der Waals surface area contributed by atoms with Crippen LogP contribution in [-0.4, -0.2) is 34.7 Å². The molecule has 106 valence electrons. The molecule has 0 radical (unpaired) electrons. The molecule has 2 rings (SSSR count). The molecule has 3 amide bonds. The summed E-state index contributed by atoms with van der Waals surface area (Å²) in [7, 11) is 0. The number of piperazine rings is 1. The van der Waals surface area contributed by atoms with E-state index in [1.807, 2.05) is 13.0 Å². The van der Waals surface area contributed by atoms with Crippen LogP contribution in [0.1, 0.15) is 29.8 Å². The van der Waals surface area contributed by atoms with Crippen molar-refractivity contribution in [3.8, 4) is 0 Å². The number of carbonyl (C=O) groups is 3. The topological polar surface area (TPSA) is 66.5 Å². The molecule has 1 fully saturated rings. The van der Waals surface area contributed by atoms with Gasteiger partial charge in [0.2, 0.25) is 5.91 Å². The van der Waals surface area contributed by atoms with Gasteiger partial charge in [0, 0.05) is 10.0 Å². The molecule has 1 aromatic carbocycles. The van der Waals surface area contributed by atoms with Crippen LogP contribution in [0.4, 0.5) is 0 Å². The predicted octanol–water partition coefficient (Wildman–Crippen LogP) is 1.63. The van der Waals surface area contributed by atoms with Gasteiger partial charge < -0.3 is 4.90 Å². The lowest BCUT2D eigenvalue weighted by atomic mass is 9.96. The number of nitrogens with zero attached hydrogens (tertiary/aromatic N) is 1. The first-order valence-electron chi connectivity index (χ1n) is 6.16. The van der Waals surface area contributed by atoms with Crippen LogP contribution in [0.5, 0.6) is 0 Å². The van der Waals surface area contributed by atoms with Crippen LogP contribution < -0.4 is 5.32 Å². The average Bonchev–Trinajstić information content (AvgIpc) is 2.37. The summed E-state index contributed by atoms with van der Waals surface area (Å²) in [6.07, 6.45) is 0. The van der Waals surface area contributed by atoms with E-state index in [9.17, 15) is 14.4 Å². The minimum Gasteiger partial charge on any atom is -0.315 e. The SMILES string of the molecule is Cc1c(Br)cccc1C(=O)N1CC(=O)NC(=O)C1(C)C. The number of benzene rings is 1. The molecule has 0 aliphatic carbocycles. The second-order valence-corrected chi connectivity index (χ2v) is 6.09. The zero-order valence-electron chi connectivity index (χ0n) is 11.5. The van der Waals surface area contributed by atoms with E-state index < -0.39 is 17.4 Å². The van der Waals surface area contributed by atoms with Gasteiger partial charge >= 0.3 is 0 Å². The Bertz CT molecular complexity index is 610. The number of hydrogen-bond acceptors (Lipinski definition) is 3. The summed E-state index contributed by atoms with van der Waals surface area (Å²) in [6, 6.07) is 5.28. The molecule has 0 atom stereocenters. The highest BCUT2D eigenvalue weighted by Crippen LogP contribution is 2.25. The third-order valence-corrected chi connectivity index (χ3v) is 4.39. The first-order valence-corrected chi connectivity index (χ1v) is 6.96. The molecule has 1 aromatic rings. The van der Waals surface area contributed by atoms with Gasteiger partial charge in [-0.05, 0) is 38.5 Å². The molecule has 20 heavy (non-hydrogen) atoms. The second kappa shape index (κ2) is 5.01. The van der Waals surface area contributed by atoms with Gasteiger partial charge in [0.1, 0.15) is 12.1 Å². The number of halogens is 1. The van der Waals surface area contributed by atoms with Gasteiger partial charge in [-0.1, -0.05) is 22.0 Å². The number of rotatable bonds is 1. The van der Waals surface area contributed by atoms with Crippen molar-refractivity contribution in [1.82, 2.24) is 10.2 Å². The van der Waals surface area contributed by atoms with Crippen molar-refractivity contribution >= 4 is 33.7 Å². The quantitative estimate of drug-likeness (QED) is 0.791. The molecule has 1 heterocycles. The van der Waals surface area contributed by atoms with E-state index in [4.69, 9.17) is 0 Å². The number of nitrogens with one attached hydrogen (secondary N) is 1. The molecular weight excluding hydrogens is 324 g/mol. The normalized spacial score (nSPS) is 17.9. The largest absolute Gasteiger partial charge is 0.315 e. The third kappa shape index (κ3) is 2.35. The van der Waals surface area contributed by atoms with Crippen LogP contribution in [0.3, 0.4) is 0 Å². The van der Waals surface area contributed by atoms with Crippen molar-refractivity contribution in [2.75, 3.05) is 6.54 Å². The van der Waals surface area contributed by atoms with Crippen LogP contribution in [0, 0.1) is 6.92 Å². The van der Waals surface area contributed by atoms with E-state index in [1.54, 1.807) is 26.0 Å². The molecular formula is C14H15BrN2O3. The fraction of sp³-hybridized carbons (Fsp3) is 0.357. The van der Waals surface area contributed by atoms with E-state index in [0.717, 1.165) is 10.0 Å². The van der Waals surface area contributed by atoms with Gasteiger partial charge in [0.15, 0.2) is 0 Å². The van der Waals surface area contributed by atoms with E-state index >= 15 is 0 Å². The average molecular weight is 339 g/mol. The lowest BCUT2D eigenvalue weighted by Crippen LogP contribution is -2.65. The zero-order valence-corrected chi connectivity index (χ0v) is 13.1. The van der Waals surface area contributed by atoms with Gasteiger partial charge in [-0.2, -0.15) is 0 Å². The lowest BCUT2D eigenvalue weighted by Gasteiger charge is -2.40. The molecule has 5 nitrogen and oxygen atoms in total. The Hall–Kier alpha value is -1.69. The van der Waals surface area contributed by atoms with Gasteiger partial charge in [-0.15, -0.1) is 0 Å². The van der Waals surface area contributed by atoms with Gasteiger partial charge in [-0.3, -0.25) is 19.7 Å². The molecule has 1 aliphatic rings.